The van der Waals surface area contributed by atoms with Gasteiger partial charge in [0.1, 0.15) is 11.3 Å². The molecule has 2 amide bonds. The van der Waals surface area contributed by atoms with E-state index in [1.165, 1.54) is 18.1 Å². The second kappa shape index (κ2) is 11.4. The third-order valence-electron chi connectivity index (χ3n) is 6.32. The van der Waals surface area contributed by atoms with Crippen molar-refractivity contribution in [3.63, 3.8) is 0 Å². The fraction of sp³-hybridized carbons (Fsp3) is 0.480. The average Bonchev–Trinajstić information content (AvgIpc) is 2.82. The van der Waals surface area contributed by atoms with Crippen molar-refractivity contribution in [2.24, 2.45) is 0 Å². The normalized spacial score (nSPS) is 19.6. The van der Waals surface area contributed by atoms with Gasteiger partial charge in [0.05, 0.1) is 12.7 Å². The smallest absolute Gasteiger partial charge is 0.419 e. The average molecular weight is 529 g/mol. The predicted molar refractivity (Wildman–Crippen MR) is 126 cm³/mol. The fourth-order valence-electron chi connectivity index (χ4n) is 4.15. The number of halogens is 4. The molecule has 11 heteroatoms. The van der Waals surface area contributed by atoms with E-state index in [2.05, 4.69) is 4.74 Å². The molecule has 0 bridgehead atoms. The molecule has 1 aromatic carbocycles. The lowest BCUT2D eigenvalue weighted by molar-refractivity contribution is -0.151. The van der Waals surface area contributed by atoms with E-state index in [4.69, 9.17) is 16.3 Å². The Morgan fingerprint density at radius 3 is 2.39 bits per heavy atom. The summed E-state index contributed by atoms with van der Waals surface area (Å²) in [5, 5.41) is 0.534. The van der Waals surface area contributed by atoms with Crippen LogP contribution in [-0.4, -0.2) is 59.7 Å². The van der Waals surface area contributed by atoms with Crippen molar-refractivity contribution in [3.05, 3.63) is 58.3 Å². The lowest BCUT2D eigenvalue weighted by atomic mass is 9.85. The van der Waals surface area contributed by atoms with Crippen molar-refractivity contribution in [3.8, 4) is 0 Å². The molecule has 196 valence electrons. The van der Waals surface area contributed by atoms with Crippen LogP contribution in [0.25, 0.3) is 0 Å². The number of likely N-dealkylation sites (tertiary alicyclic amines) is 1. The zero-order valence-electron chi connectivity index (χ0n) is 20.1. The van der Waals surface area contributed by atoms with E-state index in [0.717, 1.165) is 16.5 Å². The van der Waals surface area contributed by atoms with Gasteiger partial charge in [-0.2, -0.15) is 13.2 Å². The lowest BCUT2D eigenvalue weighted by Crippen LogP contribution is -2.67. The number of esters is 1. The Labute approximate surface area is 212 Å². The van der Waals surface area contributed by atoms with Crippen LogP contribution < -0.4 is 0 Å². The second-order valence-corrected chi connectivity index (χ2v) is 9.27. The Bertz CT molecular complexity index is 1050. The number of rotatable bonds is 8. The molecule has 1 aliphatic heterocycles. The first kappa shape index (κ1) is 27.6. The number of carbonyl (C=O) groups excluding carboxylic acids is 3. The highest BCUT2D eigenvalue weighted by Crippen LogP contribution is 2.38. The topological polar surface area (TPSA) is 76.2 Å². The van der Waals surface area contributed by atoms with Gasteiger partial charge in [0.2, 0.25) is 5.91 Å². The molecule has 0 saturated carbocycles. The van der Waals surface area contributed by atoms with Gasteiger partial charge < -0.3 is 14.4 Å². The van der Waals surface area contributed by atoms with Crippen LogP contribution in [0.1, 0.15) is 44.6 Å². The summed E-state index contributed by atoms with van der Waals surface area (Å²) in [4.78, 5) is 40.7. The number of amides is 2. The molecular weight excluding hydrogens is 501 g/mol. The maximum absolute atomic E-state index is 13.6. The van der Waals surface area contributed by atoms with E-state index in [0.29, 0.717) is 24.3 Å². The maximum Gasteiger partial charge on any atom is 0.419 e. The number of benzene rings is 1. The summed E-state index contributed by atoms with van der Waals surface area (Å²) >= 11 is 5.95. The van der Waals surface area contributed by atoms with E-state index in [1.54, 1.807) is 31.2 Å². The molecule has 3 rings (SSSR count). The van der Waals surface area contributed by atoms with Gasteiger partial charge in [-0.1, -0.05) is 29.8 Å². The van der Waals surface area contributed by atoms with Crippen LogP contribution in [0.3, 0.4) is 0 Å². The minimum absolute atomic E-state index is 0.101. The third-order valence-corrected chi connectivity index (χ3v) is 6.57. The number of carbonyl (C=O) groups is 3. The van der Waals surface area contributed by atoms with Gasteiger partial charge in [-0.15, -0.1) is 0 Å². The fourth-order valence-corrected chi connectivity index (χ4v) is 4.27. The van der Waals surface area contributed by atoms with Crippen molar-refractivity contribution in [1.29, 1.82) is 0 Å². The number of alkyl halides is 3. The molecule has 1 saturated heterocycles. The summed E-state index contributed by atoms with van der Waals surface area (Å²) in [6, 6.07) is 6.90. The van der Waals surface area contributed by atoms with Crippen LogP contribution in [0.15, 0.2) is 47.7 Å². The van der Waals surface area contributed by atoms with E-state index < -0.39 is 41.0 Å². The molecule has 2 aliphatic rings. The summed E-state index contributed by atoms with van der Waals surface area (Å²) in [6.07, 6.45) is -2.18. The highest BCUT2D eigenvalue weighted by molar-refractivity contribution is 6.30. The molecule has 0 spiro atoms. The first-order valence-corrected chi connectivity index (χ1v) is 11.9. The minimum Gasteiger partial charge on any atom is -0.469 e. The van der Waals surface area contributed by atoms with Crippen molar-refractivity contribution < 1.29 is 37.0 Å². The van der Waals surface area contributed by atoms with Crippen LogP contribution in [0.5, 0.6) is 0 Å². The number of nitrogens with zero attached hydrogens (tertiary/aromatic N) is 2. The van der Waals surface area contributed by atoms with Crippen molar-refractivity contribution in [2.45, 2.75) is 57.3 Å². The molecule has 0 aromatic heterocycles. The van der Waals surface area contributed by atoms with Gasteiger partial charge >= 0.3 is 18.2 Å². The van der Waals surface area contributed by atoms with Gasteiger partial charge in [0.15, 0.2) is 0 Å². The molecule has 7 nitrogen and oxygen atoms in total. The summed E-state index contributed by atoms with van der Waals surface area (Å²) in [6.45, 7) is 2.13. The highest BCUT2D eigenvalue weighted by Gasteiger charge is 2.52. The molecule has 1 fully saturated rings. The van der Waals surface area contributed by atoms with Crippen molar-refractivity contribution in [1.82, 2.24) is 9.80 Å². The Balaban J connectivity index is 1.75. The Morgan fingerprint density at radius 2 is 1.81 bits per heavy atom. The first-order chi connectivity index (χ1) is 17.0. The van der Waals surface area contributed by atoms with Gasteiger partial charge in [0, 0.05) is 31.1 Å². The van der Waals surface area contributed by atoms with Crippen LogP contribution in [0.2, 0.25) is 5.02 Å². The summed E-state index contributed by atoms with van der Waals surface area (Å²) < 4.78 is 49.8. The number of methoxy groups -OCH3 is 1. The maximum atomic E-state index is 13.6. The number of hydrogen-bond donors (Lipinski definition) is 0. The molecule has 1 unspecified atom stereocenters. The highest BCUT2D eigenvalue weighted by atomic mass is 35.5. The predicted octanol–water partition coefficient (Wildman–Crippen LogP) is 5.39. The lowest BCUT2D eigenvalue weighted by Gasteiger charge is -2.50. The zero-order chi connectivity index (χ0) is 26.5. The van der Waals surface area contributed by atoms with Gasteiger partial charge in [-0.3, -0.25) is 14.5 Å². The summed E-state index contributed by atoms with van der Waals surface area (Å²) in [5.74, 6) is -1.35. The monoisotopic (exact) mass is 528 g/mol. The van der Waals surface area contributed by atoms with Crippen LogP contribution >= 0.6 is 11.6 Å². The third kappa shape index (κ3) is 6.40. The summed E-state index contributed by atoms with van der Waals surface area (Å²) in [7, 11) is 1.28. The van der Waals surface area contributed by atoms with Crippen molar-refractivity contribution >= 4 is 29.6 Å². The molecule has 0 N–H and O–H groups in total. The Kier molecular flexibility index (Phi) is 8.71. The van der Waals surface area contributed by atoms with E-state index in [-0.39, 0.29) is 32.5 Å². The van der Waals surface area contributed by atoms with Crippen LogP contribution in [0.4, 0.5) is 18.0 Å². The van der Waals surface area contributed by atoms with E-state index in [9.17, 15) is 27.6 Å². The molecule has 1 heterocycles. The molecule has 0 radical (unpaired) electrons. The quantitative estimate of drug-likeness (QED) is 0.423. The Morgan fingerprint density at radius 1 is 1.14 bits per heavy atom. The van der Waals surface area contributed by atoms with Gasteiger partial charge in [0.25, 0.3) is 0 Å². The number of allylic oxidation sites excluding steroid dienone is 3. The molecule has 36 heavy (non-hydrogen) atoms. The standard InChI is InChI=1S/C25H28ClF3N2O5/c1-24(13-15-31(24)23(34)36-20-7-4-3-6-19(20)25(27,28)29)22(33)30(14-5-8-21(32)35-2)16-17-9-11-18(26)12-10-17/h6-7,9-12H,3-5,8,13-16H2,1-2H3. The van der Waals surface area contributed by atoms with Crippen LogP contribution in [0, 0.1) is 0 Å². The summed E-state index contributed by atoms with van der Waals surface area (Å²) in [5.41, 5.74) is -1.51. The Hall–Kier alpha value is -3.01. The van der Waals surface area contributed by atoms with Crippen molar-refractivity contribution in [2.75, 3.05) is 20.2 Å². The second-order valence-electron chi connectivity index (χ2n) is 8.84. The molecular formula is C25H28ClF3N2O5. The molecule has 1 aliphatic carbocycles. The largest absolute Gasteiger partial charge is 0.469 e. The number of ether oxygens (including phenoxy) is 2. The first-order valence-electron chi connectivity index (χ1n) is 11.5. The molecule has 1 aromatic rings. The molecule has 1 atom stereocenters. The number of hydrogen-bond acceptors (Lipinski definition) is 5. The van der Waals surface area contributed by atoms with E-state index in [1.807, 2.05) is 0 Å². The zero-order valence-corrected chi connectivity index (χ0v) is 20.8. The van der Waals surface area contributed by atoms with Gasteiger partial charge in [-0.25, -0.2) is 4.79 Å². The SMILES string of the molecule is COC(=O)CCCN(Cc1ccc(Cl)cc1)C(=O)C1(C)CCN1C(=O)OC1=CCCC=C1C(F)(F)F. The minimum atomic E-state index is -4.66. The van der Waals surface area contributed by atoms with Gasteiger partial charge in [-0.05, 0) is 56.4 Å². The van der Waals surface area contributed by atoms with E-state index >= 15 is 0 Å². The van der Waals surface area contributed by atoms with Crippen LogP contribution in [-0.2, 0) is 25.6 Å².